The van der Waals surface area contributed by atoms with Crippen LogP contribution in [-0.2, 0) is 16.1 Å². The van der Waals surface area contributed by atoms with Gasteiger partial charge in [0.1, 0.15) is 5.60 Å². The lowest BCUT2D eigenvalue weighted by Gasteiger charge is -2.38. The molecule has 0 radical (unpaired) electrons. The van der Waals surface area contributed by atoms with Gasteiger partial charge in [-0.05, 0) is 44.1 Å². The lowest BCUT2D eigenvalue weighted by Crippen LogP contribution is -2.51. The zero-order chi connectivity index (χ0) is 21.4. The van der Waals surface area contributed by atoms with Crippen molar-refractivity contribution in [1.29, 1.82) is 0 Å². The Morgan fingerprint density at radius 2 is 2.10 bits per heavy atom. The number of carbonyl (C=O) groups is 1. The minimum atomic E-state index is -0.807. The highest BCUT2D eigenvalue weighted by molar-refractivity contribution is 5.85. The Balaban J connectivity index is 1.38. The summed E-state index contributed by atoms with van der Waals surface area (Å²) in [4.78, 5) is 36.9. The molecule has 0 aliphatic heterocycles. The Kier molecular flexibility index (Phi) is 5.25. The van der Waals surface area contributed by atoms with Crippen LogP contribution in [0.1, 0.15) is 69.3 Å². The number of likely N-dealkylation sites (N-methyl/N-ethyl adjacent to an activating group) is 1. The fourth-order valence-corrected chi connectivity index (χ4v) is 4.65. The number of hydrogen-bond donors (Lipinski definition) is 1. The van der Waals surface area contributed by atoms with Crippen molar-refractivity contribution >= 4 is 17.3 Å². The molecule has 0 bridgehead atoms. The van der Waals surface area contributed by atoms with Crippen molar-refractivity contribution in [3.8, 4) is 0 Å². The van der Waals surface area contributed by atoms with E-state index in [9.17, 15) is 9.59 Å². The van der Waals surface area contributed by atoms with Gasteiger partial charge in [-0.2, -0.15) is 9.50 Å². The molecule has 31 heavy (non-hydrogen) atoms. The van der Waals surface area contributed by atoms with Crippen LogP contribution in [0, 0.1) is 0 Å². The Labute approximate surface area is 181 Å². The molecule has 164 valence electrons. The van der Waals surface area contributed by atoms with Gasteiger partial charge in [-0.25, -0.2) is 4.98 Å². The quantitative estimate of drug-likeness (QED) is 0.771. The summed E-state index contributed by atoms with van der Waals surface area (Å²) in [7, 11) is 1.89. The molecule has 0 unspecified atom stereocenters. The molecule has 3 aliphatic carbocycles. The molecule has 2 fully saturated rings. The second-order valence-electron chi connectivity index (χ2n) is 8.94. The number of carbonyl (C=O) groups excluding carboxylic acids is 1. The van der Waals surface area contributed by atoms with Crippen molar-refractivity contribution in [1.82, 2.24) is 24.5 Å². The first-order valence-corrected chi connectivity index (χ1v) is 11.3. The largest absolute Gasteiger partial charge is 0.359 e. The van der Waals surface area contributed by atoms with Gasteiger partial charge in [0.25, 0.3) is 17.2 Å². The van der Waals surface area contributed by atoms with Crippen molar-refractivity contribution in [2.75, 3.05) is 7.05 Å². The van der Waals surface area contributed by atoms with Crippen LogP contribution in [0.15, 0.2) is 29.1 Å². The number of nitrogens with zero attached hydrogens (tertiary/aromatic N) is 4. The number of aromatic amines is 1. The normalized spacial score (nSPS) is 20.6. The van der Waals surface area contributed by atoms with E-state index in [1.807, 2.05) is 24.1 Å². The fourth-order valence-electron chi connectivity index (χ4n) is 4.65. The van der Waals surface area contributed by atoms with E-state index in [-0.39, 0.29) is 18.1 Å². The number of fused-ring (bicyclic) bond motifs is 1. The molecule has 2 saturated carbocycles. The molecular weight excluding hydrogens is 394 g/mol. The summed E-state index contributed by atoms with van der Waals surface area (Å²) in [5.74, 6) is 1.07. The maximum Gasteiger partial charge on any atom is 0.274 e. The van der Waals surface area contributed by atoms with Crippen LogP contribution < -0.4 is 5.56 Å². The molecular formula is C23H29N5O3. The van der Waals surface area contributed by atoms with Gasteiger partial charge < -0.3 is 9.64 Å². The van der Waals surface area contributed by atoms with Crippen molar-refractivity contribution in [3.05, 3.63) is 46.2 Å². The number of aromatic nitrogens is 4. The number of H-pyrrole nitrogens is 1. The van der Waals surface area contributed by atoms with Crippen LogP contribution in [-0.4, -0.2) is 49.1 Å². The first kappa shape index (κ1) is 20.2. The molecule has 0 saturated heterocycles. The summed E-state index contributed by atoms with van der Waals surface area (Å²) >= 11 is 0. The summed E-state index contributed by atoms with van der Waals surface area (Å²) in [6.45, 7) is 0.129. The smallest absolute Gasteiger partial charge is 0.274 e. The number of ether oxygens (including phenoxy) is 1. The maximum atomic E-state index is 13.3. The van der Waals surface area contributed by atoms with Gasteiger partial charge in [0, 0.05) is 19.2 Å². The Morgan fingerprint density at radius 1 is 1.29 bits per heavy atom. The van der Waals surface area contributed by atoms with Crippen molar-refractivity contribution in [2.24, 2.45) is 0 Å². The van der Waals surface area contributed by atoms with E-state index in [4.69, 9.17) is 4.74 Å². The van der Waals surface area contributed by atoms with Crippen LogP contribution in [0.25, 0.3) is 11.4 Å². The predicted octanol–water partition coefficient (Wildman–Crippen LogP) is 2.99. The molecule has 0 aromatic carbocycles. The van der Waals surface area contributed by atoms with Gasteiger partial charge in [-0.15, -0.1) is 0 Å². The summed E-state index contributed by atoms with van der Waals surface area (Å²) < 4.78 is 7.65. The Morgan fingerprint density at radius 3 is 2.81 bits per heavy atom. The molecule has 5 rings (SSSR count). The number of rotatable bonds is 6. The van der Waals surface area contributed by atoms with Gasteiger partial charge in [-0.1, -0.05) is 37.5 Å². The standard InChI is InChI=1S/C23H29N5O3/c1-27(18-10-11-18)21(30)23(12-6-3-7-13-23)31-15-17-14-19(29)28-22(24-17)25-20(26-28)16-8-4-2-5-9-16/h2,4,8,14,18H,3,5-7,9-13,15H2,1H3,(H,24,25,26). The second kappa shape index (κ2) is 8.07. The predicted molar refractivity (Wildman–Crippen MR) is 116 cm³/mol. The minimum absolute atomic E-state index is 0.0758. The topological polar surface area (TPSA) is 92.6 Å². The fraction of sp³-hybridized carbons (Fsp3) is 0.565. The third kappa shape index (κ3) is 3.96. The van der Waals surface area contributed by atoms with E-state index < -0.39 is 5.60 Å². The molecule has 0 spiro atoms. The first-order chi connectivity index (χ1) is 15.1. The van der Waals surface area contributed by atoms with Gasteiger partial charge in [0.15, 0.2) is 5.82 Å². The number of nitrogens with one attached hydrogen (secondary N) is 1. The zero-order valence-corrected chi connectivity index (χ0v) is 18.0. The molecule has 2 aromatic heterocycles. The molecule has 0 atom stereocenters. The van der Waals surface area contributed by atoms with Gasteiger partial charge in [0.2, 0.25) is 0 Å². The lowest BCUT2D eigenvalue weighted by molar-refractivity contribution is -0.165. The molecule has 1 amide bonds. The van der Waals surface area contributed by atoms with Crippen molar-refractivity contribution in [2.45, 2.75) is 76.0 Å². The van der Waals surface area contributed by atoms with Gasteiger partial charge in [0.05, 0.1) is 12.3 Å². The summed E-state index contributed by atoms with van der Waals surface area (Å²) in [6.07, 6.45) is 14.6. The molecule has 3 aliphatic rings. The zero-order valence-electron chi connectivity index (χ0n) is 18.0. The number of hydrogen-bond acceptors (Lipinski definition) is 5. The van der Waals surface area contributed by atoms with Crippen LogP contribution in [0.3, 0.4) is 0 Å². The second-order valence-corrected chi connectivity index (χ2v) is 8.94. The Hall–Kier alpha value is -2.74. The van der Waals surface area contributed by atoms with E-state index in [1.54, 1.807) is 0 Å². The van der Waals surface area contributed by atoms with Crippen LogP contribution >= 0.6 is 0 Å². The highest BCUT2D eigenvalue weighted by Crippen LogP contribution is 2.37. The highest BCUT2D eigenvalue weighted by Gasteiger charge is 2.45. The summed E-state index contributed by atoms with van der Waals surface area (Å²) in [5.41, 5.74) is 0.527. The number of allylic oxidation sites excluding steroid dienone is 4. The van der Waals surface area contributed by atoms with Crippen LogP contribution in [0.4, 0.5) is 0 Å². The summed E-state index contributed by atoms with van der Waals surface area (Å²) in [5, 5.41) is 3.05. The van der Waals surface area contributed by atoms with E-state index in [0.29, 0.717) is 23.3 Å². The van der Waals surface area contributed by atoms with Crippen molar-refractivity contribution in [3.63, 3.8) is 0 Å². The van der Waals surface area contributed by atoms with Gasteiger partial charge in [-0.3, -0.25) is 14.7 Å². The molecule has 2 aromatic rings. The van der Waals surface area contributed by atoms with E-state index in [0.717, 1.165) is 63.4 Å². The maximum absolute atomic E-state index is 13.3. The van der Waals surface area contributed by atoms with E-state index in [2.05, 4.69) is 21.1 Å². The SMILES string of the molecule is CN(C(=O)C1(OCc2cc(=O)n3[nH]c(C4=CC=CCC4)nc3n2)CCCCC1)C1CC1. The minimum Gasteiger partial charge on any atom is -0.359 e. The summed E-state index contributed by atoms with van der Waals surface area (Å²) in [6, 6.07) is 1.82. The van der Waals surface area contributed by atoms with Crippen molar-refractivity contribution < 1.29 is 9.53 Å². The first-order valence-electron chi connectivity index (χ1n) is 11.3. The third-order valence-electron chi connectivity index (χ3n) is 6.66. The van der Waals surface area contributed by atoms with Crippen LogP contribution in [0.5, 0.6) is 0 Å². The monoisotopic (exact) mass is 423 g/mol. The average Bonchev–Trinajstić information content (AvgIpc) is 3.56. The highest BCUT2D eigenvalue weighted by atomic mass is 16.5. The van der Waals surface area contributed by atoms with E-state index >= 15 is 0 Å². The van der Waals surface area contributed by atoms with Crippen LogP contribution in [0.2, 0.25) is 0 Å². The average molecular weight is 424 g/mol. The number of amides is 1. The lowest BCUT2D eigenvalue weighted by atomic mass is 9.83. The Bertz CT molecular complexity index is 1100. The molecule has 8 nitrogen and oxygen atoms in total. The molecule has 1 N–H and O–H groups in total. The molecule has 2 heterocycles. The van der Waals surface area contributed by atoms with Gasteiger partial charge >= 0.3 is 0 Å². The molecule has 8 heteroatoms. The third-order valence-corrected chi connectivity index (χ3v) is 6.66. The van der Waals surface area contributed by atoms with E-state index in [1.165, 1.54) is 10.6 Å².